The molecule has 4 nitrogen and oxygen atoms in total. The Morgan fingerprint density at radius 2 is 2.18 bits per heavy atom. The highest BCUT2D eigenvalue weighted by Gasteiger charge is 2.09. The smallest absolute Gasteiger partial charge is 0.166 e. The van der Waals surface area contributed by atoms with Gasteiger partial charge in [-0.05, 0) is 38.1 Å². The highest BCUT2D eigenvalue weighted by molar-refractivity contribution is 7.98. The number of hydrogen-bond donors (Lipinski definition) is 1. The number of ether oxygens (including phenoxy) is 1. The van der Waals surface area contributed by atoms with E-state index < -0.39 is 0 Å². The Bertz CT molecular complexity index is 803. The summed E-state index contributed by atoms with van der Waals surface area (Å²) in [6.07, 6.45) is 1.75. The molecule has 114 valence electrons. The lowest BCUT2D eigenvalue weighted by molar-refractivity contribution is 0.337. The standard InChI is InChI=1S/C16H16FN3OS/c1-3-21-15-6-7-18-14(10(15)2)9-22-16-19-12-5-4-11(17)8-13(12)20-16/h4-8H,3,9H2,1-2H3,(H,19,20). The minimum Gasteiger partial charge on any atom is -0.493 e. The summed E-state index contributed by atoms with van der Waals surface area (Å²) in [7, 11) is 0. The zero-order valence-electron chi connectivity index (χ0n) is 12.4. The molecule has 1 aromatic carbocycles. The molecule has 0 aliphatic rings. The van der Waals surface area contributed by atoms with Crippen LogP contribution in [0.4, 0.5) is 4.39 Å². The maximum absolute atomic E-state index is 13.2. The Morgan fingerprint density at radius 1 is 1.32 bits per heavy atom. The first-order chi connectivity index (χ1) is 10.7. The van der Waals surface area contributed by atoms with Crippen LogP contribution in [0.2, 0.25) is 0 Å². The van der Waals surface area contributed by atoms with Crippen molar-refractivity contribution in [1.82, 2.24) is 15.0 Å². The van der Waals surface area contributed by atoms with Crippen LogP contribution >= 0.6 is 11.8 Å². The van der Waals surface area contributed by atoms with Crippen LogP contribution in [0.15, 0.2) is 35.6 Å². The van der Waals surface area contributed by atoms with E-state index in [2.05, 4.69) is 15.0 Å². The molecule has 0 spiro atoms. The van der Waals surface area contributed by atoms with E-state index in [9.17, 15) is 4.39 Å². The molecular formula is C16H16FN3OS. The average molecular weight is 317 g/mol. The molecule has 0 saturated heterocycles. The number of imidazole rings is 1. The van der Waals surface area contributed by atoms with Gasteiger partial charge in [0.1, 0.15) is 11.6 Å². The predicted octanol–water partition coefficient (Wildman–Crippen LogP) is 4.10. The van der Waals surface area contributed by atoms with E-state index in [1.807, 2.05) is 19.9 Å². The first-order valence-corrected chi connectivity index (χ1v) is 8.01. The number of fused-ring (bicyclic) bond motifs is 1. The highest BCUT2D eigenvalue weighted by Crippen LogP contribution is 2.27. The molecule has 0 unspecified atom stereocenters. The van der Waals surface area contributed by atoms with E-state index in [4.69, 9.17) is 4.74 Å². The van der Waals surface area contributed by atoms with Gasteiger partial charge in [0.05, 0.1) is 23.3 Å². The molecule has 0 atom stereocenters. The van der Waals surface area contributed by atoms with Crippen molar-refractivity contribution >= 4 is 22.8 Å². The lowest BCUT2D eigenvalue weighted by Gasteiger charge is -2.09. The average Bonchev–Trinajstić information content (AvgIpc) is 2.90. The molecule has 0 amide bonds. The van der Waals surface area contributed by atoms with E-state index in [1.54, 1.807) is 12.3 Å². The second-order valence-corrected chi connectivity index (χ2v) is 5.77. The molecule has 0 fully saturated rings. The highest BCUT2D eigenvalue weighted by atomic mass is 32.2. The number of nitrogens with one attached hydrogen (secondary N) is 1. The van der Waals surface area contributed by atoms with Crippen molar-refractivity contribution in [3.63, 3.8) is 0 Å². The molecule has 3 rings (SSSR count). The summed E-state index contributed by atoms with van der Waals surface area (Å²) in [4.78, 5) is 12.0. The Balaban J connectivity index is 1.77. The van der Waals surface area contributed by atoms with Crippen molar-refractivity contribution < 1.29 is 9.13 Å². The fraction of sp³-hybridized carbons (Fsp3) is 0.250. The second kappa shape index (κ2) is 6.36. The van der Waals surface area contributed by atoms with Crippen LogP contribution in [0.3, 0.4) is 0 Å². The van der Waals surface area contributed by atoms with Crippen LogP contribution in [-0.2, 0) is 5.75 Å². The molecule has 0 saturated carbocycles. The van der Waals surface area contributed by atoms with Gasteiger partial charge in [-0.2, -0.15) is 0 Å². The molecule has 0 radical (unpaired) electrons. The van der Waals surface area contributed by atoms with Crippen LogP contribution in [0.5, 0.6) is 5.75 Å². The number of hydrogen-bond acceptors (Lipinski definition) is 4. The minimum absolute atomic E-state index is 0.269. The Hall–Kier alpha value is -2.08. The van der Waals surface area contributed by atoms with E-state index >= 15 is 0 Å². The van der Waals surface area contributed by atoms with Gasteiger partial charge in [-0.3, -0.25) is 4.98 Å². The van der Waals surface area contributed by atoms with Crippen molar-refractivity contribution in [2.75, 3.05) is 6.61 Å². The van der Waals surface area contributed by atoms with Gasteiger partial charge < -0.3 is 9.72 Å². The van der Waals surface area contributed by atoms with Gasteiger partial charge in [-0.1, -0.05) is 11.8 Å². The molecule has 2 heterocycles. The third kappa shape index (κ3) is 3.06. The monoisotopic (exact) mass is 317 g/mol. The Kier molecular flexibility index (Phi) is 4.29. The topological polar surface area (TPSA) is 50.8 Å². The molecule has 0 aliphatic carbocycles. The Labute approximate surface area is 132 Å². The first-order valence-electron chi connectivity index (χ1n) is 7.02. The molecule has 22 heavy (non-hydrogen) atoms. The van der Waals surface area contributed by atoms with Crippen LogP contribution in [0.25, 0.3) is 11.0 Å². The summed E-state index contributed by atoms with van der Waals surface area (Å²) in [6, 6.07) is 6.40. The second-order valence-electron chi connectivity index (χ2n) is 4.81. The summed E-state index contributed by atoms with van der Waals surface area (Å²) in [5.74, 6) is 1.27. The lowest BCUT2D eigenvalue weighted by atomic mass is 10.2. The van der Waals surface area contributed by atoms with Gasteiger partial charge in [0, 0.05) is 17.5 Å². The van der Waals surface area contributed by atoms with Crippen molar-refractivity contribution in [1.29, 1.82) is 0 Å². The number of aromatic amines is 1. The normalized spacial score (nSPS) is 11.0. The number of rotatable bonds is 5. The molecule has 6 heteroatoms. The minimum atomic E-state index is -0.269. The molecular weight excluding hydrogens is 301 g/mol. The van der Waals surface area contributed by atoms with Gasteiger partial charge in [0.25, 0.3) is 0 Å². The lowest BCUT2D eigenvalue weighted by Crippen LogP contribution is -1.99. The number of benzene rings is 1. The summed E-state index contributed by atoms with van der Waals surface area (Å²) < 4.78 is 18.8. The number of halogens is 1. The third-order valence-corrected chi connectivity index (χ3v) is 4.21. The van der Waals surface area contributed by atoms with Crippen LogP contribution in [0, 0.1) is 12.7 Å². The van der Waals surface area contributed by atoms with Gasteiger partial charge in [-0.25, -0.2) is 9.37 Å². The van der Waals surface area contributed by atoms with E-state index in [0.717, 1.165) is 27.7 Å². The summed E-state index contributed by atoms with van der Waals surface area (Å²) in [5.41, 5.74) is 3.47. The zero-order chi connectivity index (χ0) is 15.5. The van der Waals surface area contributed by atoms with Gasteiger partial charge in [-0.15, -0.1) is 0 Å². The zero-order valence-corrected chi connectivity index (χ0v) is 13.2. The number of thioether (sulfide) groups is 1. The van der Waals surface area contributed by atoms with Crippen molar-refractivity contribution in [3.8, 4) is 5.75 Å². The largest absolute Gasteiger partial charge is 0.493 e. The predicted molar refractivity (Wildman–Crippen MR) is 85.8 cm³/mol. The van der Waals surface area contributed by atoms with Crippen LogP contribution < -0.4 is 4.74 Å². The molecule has 2 aromatic heterocycles. The van der Waals surface area contributed by atoms with E-state index in [1.165, 1.54) is 23.9 Å². The van der Waals surface area contributed by atoms with Crippen LogP contribution in [-0.4, -0.2) is 21.6 Å². The number of nitrogens with zero attached hydrogens (tertiary/aromatic N) is 2. The fourth-order valence-electron chi connectivity index (χ4n) is 2.18. The fourth-order valence-corrected chi connectivity index (χ4v) is 3.09. The van der Waals surface area contributed by atoms with Gasteiger partial charge >= 0.3 is 0 Å². The quantitative estimate of drug-likeness (QED) is 0.720. The van der Waals surface area contributed by atoms with Crippen LogP contribution in [0.1, 0.15) is 18.2 Å². The van der Waals surface area contributed by atoms with E-state index in [0.29, 0.717) is 17.9 Å². The van der Waals surface area contributed by atoms with Gasteiger partial charge in [0.15, 0.2) is 5.16 Å². The van der Waals surface area contributed by atoms with Crippen molar-refractivity contribution in [2.24, 2.45) is 0 Å². The number of pyridine rings is 1. The van der Waals surface area contributed by atoms with Crippen molar-refractivity contribution in [3.05, 3.63) is 47.5 Å². The summed E-state index contributed by atoms with van der Waals surface area (Å²) >= 11 is 1.54. The SMILES string of the molecule is CCOc1ccnc(CSc2nc3ccc(F)cc3[nH]2)c1C. The molecule has 0 aliphatic heterocycles. The first kappa shape index (κ1) is 14.8. The van der Waals surface area contributed by atoms with Gasteiger partial charge in [0.2, 0.25) is 0 Å². The molecule has 0 bridgehead atoms. The van der Waals surface area contributed by atoms with E-state index in [-0.39, 0.29) is 5.82 Å². The maximum atomic E-state index is 13.2. The number of aromatic nitrogens is 3. The maximum Gasteiger partial charge on any atom is 0.166 e. The molecule has 3 aromatic rings. The van der Waals surface area contributed by atoms with Crippen molar-refractivity contribution in [2.45, 2.75) is 24.8 Å². The summed E-state index contributed by atoms with van der Waals surface area (Å²) in [6.45, 7) is 4.59. The third-order valence-electron chi connectivity index (χ3n) is 3.33. The number of H-pyrrole nitrogens is 1. The Morgan fingerprint density at radius 3 is 3.00 bits per heavy atom. The summed E-state index contributed by atoms with van der Waals surface area (Å²) in [5, 5.41) is 0.753. The molecule has 1 N–H and O–H groups in total.